The van der Waals surface area contributed by atoms with Gasteiger partial charge in [0, 0.05) is 50.4 Å². The topological polar surface area (TPSA) is 88.8 Å². The Kier molecular flexibility index (Phi) is 6.97. The summed E-state index contributed by atoms with van der Waals surface area (Å²) in [6.07, 6.45) is 4.81. The van der Waals surface area contributed by atoms with Crippen LogP contribution >= 0.6 is 0 Å². The molecule has 0 radical (unpaired) electrons. The third-order valence-corrected chi connectivity index (χ3v) is 11.1. The summed E-state index contributed by atoms with van der Waals surface area (Å²) in [7, 11) is 0. The number of piperazine rings is 1. The van der Waals surface area contributed by atoms with E-state index < -0.39 is 23.9 Å². The predicted octanol–water partition coefficient (Wildman–Crippen LogP) is 4.07. The van der Waals surface area contributed by atoms with Crippen LogP contribution in [0.3, 0.4) is 0 Å². The van der Waals surface area contributed by atoms with E-state index in [4.69, 9.17) is 14.7 Å². The number of carbonyl (C=O) groups excluding carboxylic acids is 1. The van der Waals surface area contributed by atoms with Crippen LogP contribution in [0, 0.1) is 17.2 Å². The third kappa shape index (κ3) is 4.93. The number of anilines is 2. The lowest BCUT2D eigenvalue weighted by Crippen LogP contribution is -2.55. The fourth-order valence-electron chi connectivity index (χ4n) is 8.91. The first-order valence-electron chi connectivity index (χ1n) is 16.4. The number of alkyl halides is 1. The Morgan fingerprint density at radius 3 is 2.91 bits per heavy atom. The number of ether oxygens (including phenoxy) is 1. The van der Waals surface area contributed by atoms with E-state index in [9.17, 15) is 18.8 Å². The number of fused-ring (bicyclic) bond motifs is 5. The molecule has 5 atom stereocenters. The quantitative estimate of drug-likeness (QED) is 0.431. The SMILES string of the molecule is C=C(F)C(=O)N1CCN(c2nc(OC[C@@]34CCCN3C[C@H](F)C4)nc3c2CCN(c2cccc4c2[C@H]2C[C@H]2C4)C3)C[C@@H]1CC#N. The number of amides is 1. The van der Waals surface area contributed by atoms with Crippen LogP contribution in [0.25, 0.3) is 0 Å². The molecule has 8 rings (SSSR count). The van der Waals surface area contributed by atoms with E-state index in [1.54, 1.807) is 0 Å². The number of hydrogen-bond acceptors (Lipinski definition) is 8. The number of nitrogens with zero attached hydrogens (tertiary/aromatic N) is 7. The lowest BCUT2D eigenvalue weighted by Gasteiger charge is -2.42. The molecular formula is C34H39F2N7O2. The molecule has 0 unspecified atom stereocenters. The van der Waals surface area contributed by atoms with E-state index >= 15 is 0 Å². The van der Waals surface area contributed by atoms with Crippen LogP contribution in [0.15, 0.2) is 30.6 Å². The number of benzene rings is 1. The van der Waals surface area contributed by atoms with Crippen LogP contribution in [-0.2, 0) is 24.2 Å². The summed E-state index contributed by atoms with van der Waals surface area (Å²) in [6.45, 7) is 7.34. The highest BCUT2D eigenvalue weighted by Gasteiger charge is 2.50. The molecular weight excluding hydrogens is 576 g/mol. The molecule has 11 heteroatoms. The second-order valence-electron chi connectivity index (χ2n) is 13.8. The summed E-state index contributed by atoms with van der Waals surface area (Å²) in [5.74, 6) is 0.431. The predicted molar refractivity (Wildman–Crippen MR) is 165 cm³/mol. The molecule has 0 bridgehead atoms. The van der Waals surface area contributed by atoms with Crippen molar-refractivity contribution in [2.75, 3.05) is 55.7 Å². The second kappa shape index (κ2) is 10.9. The molecule has 5 heterocycles. The largest absolute Gasteiger partial charge is 0.461 e. The van der Waals surface area contributed by atoms with E-state index in [-0.39, 0.29) is 24.5 Å². The molecule has 2 aliphatic carbocycles. The van der Waals surface area contributed by atoms with Gasteiger partial charge in [0.1, 0.15) is 18.6 Å². The van der Waals surface area contributed by atoms with Crippen molar-refractivity contribution in [3.05, 3.63) is 53.0 Å². The van der Waals surface area contributed by atoms with E-state index in [0.717, 1.165) is 55.3 Å². The van der Waals surface area contributed by atoms with Crippen molar-refractivity contribution in [3.8, 4) is 12.1 Å². The molecule has 2 aromatic rings. The van der Waals surface area contributed by atoms with Gasteiger partial charge in [-0.1, -0.05) is 18.7 Å². The van der Waals surface area contributed by atoms with Crippen molar-refractivity contribution in [1.82, 2.24) is 19.8 Å². The summed E-state index contributed by atoms with van der Waals surface area (Å²) in [5.41, 5.74) is 5.92. The number of hydrogen-bond donors (Lipinski definition) is 0. The van der Waals surface area contributed by atoms with Gasteiger partial charge in [0.2, 0.25) is 0 Å². The Balaban J connectivity index is 1.11. The first-order valence-corrected chi connectivity index (χ1v) is 16.4. The average molecular weight is 616 g/mol. The second-order valence-corrected chi connectivity index (χ2v) is 13.8. The van der Waals surface area contributed by atoms with Gasteiger partial charge >= 0.3 is 6.01 Å². The Morgan fingerprint density at radius 1 is 1.18 bits per heavy atom. The lowest BCUT2D eigenvalue weighted by atomic mass is 9.95. The summed E-state index contributed by atoms with van der Waals surface area (Å²) in [4.78, 5) is 30.7. The number of carbonyl (C=O) groups is 1. The van der Waals surface area contributed by atoms with E-state index in [1.807, 2.05) is 0 Å². The molecule has 1 aromatic carbocycles. The van der Waals surface area contributed by atoms with Crippen LogP contribution in [0.2, 0.25) is 0 Å². The van der Waals surface area contributed by atoms with E-state index in [0.29, 0.717) is 45.1 Å². The van der Waals surface area contributed by atoms with Crippen LogP contribution in [0.1, 0.15) is 60.4 Å². The van der Waals surface area contributed by atoms with Gasteiger partial charge in [0.05, 0.1) is 36.3 Å². The van der Waals surface area contributed by atoms with Crippen molar-refractivity contribution in [2.24, 2.45) is 5.92 Å². The van der Waals surface area contributed by atoms with Gasteiger partial charge in [-0.25, -0.2) is 8.78 Å². The standard InChI is InChI=1S/C34H39F2N7O2/c1-21(35)32(44)43-13-12-41(18-25(43)6-9-37)31-26-7-11-40(29-5-2-4-22-14-23-15-27(23)30(22)29)19-28(26)38-33(39-31)45-20-34-8-3-10-42(34)17-24(36)16-34/h2,4-5,23-25,27H,1,3,6-8,10-20H2/t23-,24-,25+,27+,34+/m1/s1. The van der Waals surface area contributed by atoms with Crippen LogP contribution in [0.4, 0.5) is 20.3 Å². The number of rotatable bonds is 7. The van der Waals surface area contributed by atoms with Crippen molar-refractivity contribution in [1.29, 1.82) is 5.26 Å². The minimum atomic E-state index is -1.02. The fourth-order valence-corrected chi connectivity index (χ4v) is 8.91. The summed E-state index contributed by atoms with van der Waals surface area (Å²) in [5, 5.41) is 9.54. The zero-order chi connectivity index (χ0) is 30.9. The summed E-state index contributed by atoms with van der Waals surface area (Å²) < 4.78 is 34.7. The first-order chi connectivity index (χ1) is 21.8. The molecule has 236 valence electrons. The van der Waals surface area contributed by atoms with E-state index in [2.05, 4.69) is 45.5 Å². The van der Waals surface area contributed by atoms with Gasteiger partial charge in [-0.15, -0.1) is 0 Å². The zero-order valence-corrected chi connectivity index (χ0v) is 25.6. The summed E-state index contributed by atoms with van der Waals surface area (Å²) in [6, 6.07) is 8.63. The zero-order valence-electron chi connectivity index (χ0n) is 25.6. The van der Waals surface area contributed by atoms with E-state index in [1.165, 1.54) is 34.6 Å². The molecule has 0 N–H and O–H groups in total. The van der Waals surface area contributed by atoms with Crippen molar-refractivity contribution >= 4 is 17.4 Å². The smallest absolute Gasteiger partial charge is 0.318 e. The highest BCUT2D eigenvalue weighted by atomic mass is 19.1. The molecule has 1 aromatic heterocycles. The van der Waals surface area contributed by atoms with Crippen molar-refractivity contribution in [3.63, 3.8) is 0 Å². The monoisotopic (exact) mass is 615 g/mol. The van der Waals surface area contributed by atoms with Gasteiger partial charge in [-0.2, -0.15) is 15.2 Å². The van der Waals surface area contributed by atoms with Crippen LogP contribution in [-0.4, -0.2) is 89.3 Å². The van der Waals surface area contributed by atoms with Gasteiger partial charge in [-0.3, -0.25) is 9.69 Å². The minimum absolute atomic E-state index is 0.0734. The molecule has 3 saturated heterocycles. The Bertz CT molecular complexity index is 1590. The molecule has 9 nitrogen and oxygen atoms in total. The molecule has 0 spiro atoms. The maximum absolute atomic E-state index is 14.5. The Labute approximate surface area is 262 Å². The molecule has 4 aliphatic heterocycles. The molecule has 4 fully saturated rings. The maximum Gasteiger partial charge on any atom is 0.318 e. The minimum Gasteiger partial charge on any atom is -0.461 e. The van der Waals surface area contributed by atoms with Gasteiger partial charge in [0.15, 0.2) is 5.83 Å². The lowest BCUT2D eigenvalue weighted by molar-refractivity contribution is -0.131. The highest BCUT2D eigenvalue weighted by molar-refractivity contribution is 5.91. The molecule has 1 saturated carbocycles. The van der Waals surface area contributed by atoms with Gasteiger partial charge in [-0.05, 0) is 67.7 Å². The third-order valence-electron chi connectivity index (χ3n) is 11.1. The van der Waals surface area contributed by atoms with Crippen LogP contribution < -0.4 is 14.5 Å². The molecule has 1 amide bonds. The van der Waals surface area contributed by atoms with Crippen LogP contribution in [0.5, 0.6) is 6.01 Å². The Hall–Kier alpha value is -3.78. The van der Waals surface area contributed by atoms with Gasteiger partial charge in [0.25, 0.3) is 5.91 Å². The van der Waals surface area contributed by atoms with Crippen molar-refractivity contribution in [2.45, 2.75) is 75.2 Å². The number of halogens is 2. The average Bonchev–Trinajstić information content (AvgIpc) is 3.36. The van der Waals surface area contributed by atoms with Crippen molar-refractivity contribution < 1.29 is 18.3 Å². The molecule has 6 aliphatic rings. The number of aromatic nitrogens is 2. The normalized spacial score (nSPS) is 29.9. The maximum atomic E-state index is 14.5. The van der Waals surface area contributed by atoms with Gasteiger partial charge < -0.3 is 19.4 Å². The Morgan fingerprint density at radius 2 is 2.07 bits per heavy atom. The first kappa shape index (κ1) is 28.7. The number of nitriles is 1. The molecule has 45 heavy (non-hydrogen) atoms. The fraction of sp³-hybridized carbons (Fsp3) is 0.588. The highest BCUT2D eigenvalue weighted by Crippen LogP contribution is 2.59. The summed E-state index contributed by atoms with van der Waals surface area (Å²) >= 11 is 0.